The Morgan fingerprint density at radius 1 is 1.03 bits per heavy atom. The van der Waals surface area contributed by atoms with Crippen LogP contribution in [0.15, 0.2) is 48.5 Å². The van der Waals surface area contributed by atoms with Gasteiger partial charge in [0.25, 0.3) is 5.91 Å². The Balaban J connectivity index is 1.54. The summed E-state index contributed by atoms with van der Waals surface area (Å²) >= 11 is 0. The third-order valence-electron chi connectivity index (χ3n) is 4.80. The number of nitrogens with one attached hydrogen (secondary N) is 1. The lowest BCUT2D eigenvalue weighted by Crippen LogP contribution is -2.38. The van der Waals surface area contributed by atoms with Crippen molar-refractivity contribution in [1.82, 2.24) is 9.80 Å². The molecule has 1 saturated heterocycles. The van der Waals surface area contributed by atoms with Crippen molar-refractivity contribution in [3.63, 3.8) is 0 Å². The zero-order chi connectivity index (χ0) is 20.6. The highest BCUT2D eigenvalue weighted by Crippen LogP contribution is 2.23. The maximum atomic E-state index is 13.1. The van der Waals surface area contributed by atoms with Gasteiger partial charge in [-0.15, -0.1) is 0 Å². The Kier molecular flexibility index (Phi) is 7.19. The van der Waals surface area contributed by atoms with Crippen LogP contribution in [-0.4, -0.2) is 60.9 Å². The Morgan fingerprint density at radius 3 is 2.55 bits per heavy atom. The molecular weight excluding hydrogens is 373 g/mol. The molecular formula is C22H26FN3O3. The predicted octanol–water partition coefficient (Wildman–Crippen LogP) is 3.01. The first-order chi connectivity index (χ1) is 14.1. The van der Waals surface area contributed by atoms with Crippen LogP contribution in [-0.2, 0) is 4.79 Å². The number of benzene rings is 2. The van der Waals surface area contributed by atoms with Crippen molar-refractivity contribution in [2.45, 2.75) is 13.3 Å². The first-order valence-electron chi connectivity index (χ1n) is 9.85. The standard InChI is InChI=1S/C22H26FN3O3/c1-2-29-20-7-4-3-6-19(20)24-21(27)16-25-12-5-13-26(15-14-25)22(28)17-8-10-18(23)11-9-17/h3-4,6-11H,2,5,12-16H2,1H3,(H,24,27). The molecule has 0 spiro atoms. The molecule has 0 radical (unpaired) electrons. The summed E-state index contributed by atoms with van der Waals surface area (Å²) in [6, 6.07) is 12.9. The highest BCUT2D eigenvalue weighted by atomic mass is 19.1. The highest BCUT2D eigenvalue weighted by Gasteiger charge is 2.21. The van der Waals surface area contributed by atoms with Gasteiger partial charge in [0.2, 0.25) is 5.91 Å². The predicted molar refractivity (Wildman–Crippen MR) is 110 cm³/mol. The Labute approximate surface area is 170 Å². The molecule has 2 amide bonds. The van der Waals surface area contributed by atoms with Gasteiger partial charge in [0.05, 0.1) is 18.8 Å². The van der Waals surface area contributed by atoms with Crippen LogP contribution in [0, 0.1) is 5.82 Å². The van der Waals surface area contributed by atoms with Crippen molar-refractivity contribution in [2.24, 2.45) is 0 Å². The Morgan fingerprint density at radius 2 is 1.79 bits per heavy atom. The summed E-state index contributed by atoms with van der Waals surface area (Å²) in [6.45, 7) is 5.15. The molecule has 7 heteroatoms. The van der Waals surface area contributed by atoms with Crippen LogP contribution in [0.1, 0.15) is 23.7 Å². The van der Waals surface area contributed by atoms with E-state index in [0.717, 1.165) is 13.0 Å². The number of para-hydroxylation sites is 2. The average Bonchev–Trinajstić information content (AvgIpc) is 2.95. The van der Waals surface area contributed by atoms with E-state index in [1.54, 1.807) is 4.90 Å². The van der Waals surface area contributed by atoms with Gasteiger partial charge in [-0.3, -0.25) is 14.5 Å². The number of nitrogens with zero attached hydrogens (tertiary/aromatic N) is 2. The average molecular weight is 399 g/mol. The van der Waals surface area contributed by atoms with Crippen LogP contribution in [0.25, 0.3) is 0 Å². The number of amides is 2. The summed E-state index contributed by atoms with van der Waals surface area (Å²) in [5.74, 6) is 0.0632. The summed E-state index contributed by atoms with van der Waals surface area (Å²) in [7, 11) is 0. The van der Waals surface area contributed by atoms with Gasteiger partial charge in [-0.25, -0.2) is 4.39 Å². The fourth-order valence-electron chi connectivity index (χ4n) is 3.35. The molecule has 154 valence electrons. The summed E-state index contributed by atoms with van der Waals surface area (Å²) < 4.78 is 18.6. The summed E-state index contributed by atoms with van der Waals surface area (Å²) in [6.07, 6.45) is 0.774. The second-order valence-corrected chi connectivity index (χ2v) is 6.91. The number of halogens is 1. The molecule has 1 fully saturated rings. The second kappa shape index (κ2) is 10.0. The molecule has 0 aliphatic carbocycles. The topological polar surface area (TPSA) is 61.9 Å². The number of carbonyl (C=O) groups is 2. The van der Waals surface area contributed by atoms with Crippen molar-refractivity contribution in [2.75, 3.05) is 44.6 Å². The van der Waals surface area contributed by atoms with Crippen molar-refractivity contribution < 1.29 is 18.7 Å². The minimum absolute atomic E-state index is 0.109. The molecule has 0 unspecified atom stereocenters. The van der Waals surface area contributed by atoms with E-state index < -0.39 is 0 Å². The van der Waals surface area contributed by atoms with Crippen molar-refractivity contribution in [1.29, 1.82) is 0 Å². The quantitative estimate of drug-likeness (QED) is 0.811. The van der Waals surface area contributed by atoms with Crippen LogP contribution >= 0.6 is 0 Å². The molecule has 3 rings (SSSR count). The van der Waals surface area contributed by atoms with Gasteiger partial charge < -0.3 is 15.0 Å². The fourth-order valence-corrected chi connectivity index (χ4v) is 3.35. The number of carbonyl (C=O) groups excluding carboxylic acids is 2. The Hall–Kier alpha value is -2.93. The van der Waals surface area contributed by atoms with Crippen LogP contribution in [0.5, 0.6) is 5.75 Å². The van der Waals surface area contributed by atoms with Gasteiger partial charge in [0.1, 0.15) is 11.6 Å². The lowest BCUT2D eigenvalue weighted by Gasteiger charge is -2.22. The minimum Gasteiger partial charge on any atom is -0.492 e. The molecule has 0 bridgehead atoms. The Bertz CT molecular complexity index is 841. The molecule has 6 nitrogen and oxygen atoms in total. The number of ether oxygens (including phenoxy) is 1. The van der Waals surface area contributed by atoms with Crippen molar-refractivity contribution in [3.8, 4) is 5.75 Å². The molecule has 1 aliphatic rings. The van der Waals surface area contributed by atoms with E-state index in [4.69, 9.17) is 4.74 Å². The summed E-state index contributed by atoms with van der Waals surface area (Å²) in [5, 5.41) is 2.91. The number of hydrogen-bond acceptors (Lipinski definition) is 4. The first-order valence-corrected chi connectivity index (χ1v) is 9.85. The zero-order valence-electron chi connectivity index (χ0n) is 16.6. The number of rotatable bonds is 6. The SMILES string of the molecule is CCOc1ccccc1NC(=O)CN1CCCN(C(=O)c2ccc(F)cc2)CC1. The maximum absolute atomic E-state index is 13.1. The molecule has 0 atom stereocenters. The second-order valence-electron chi connectivity index (χ2n) is 6.91. The third-order valence-corrected chi connectivity index (χ3v) is 4.80. The fraction of sp³-hybridized carbons (Fsp3) is 0.364. The van der Waals surface area contributed by atoms with E-state index in [1.807, 2.05) is 36.1 Å². The van der Waals surface area contributed by atoms with Crippen LogP contribution in [0.4, 0.5) is 10.1 Å². The van der Waals surface area contributed by atoms with E-state index in [-0.39, 0.29) is 24.2 Å². The van der Waals surface area contributed by atoms with Crippen LogP contribution in [0.2, 0.25) is 0 Å². The van der Waals surface area contributed by atoms with Gasteiger partial charge in [-0.1, -0.05) is 12.1 Å². The number of anilines is 1. The van der Waals surface area contributed by atoms with Gasteiger partial charge in [-0.2, -0.15) is 0 Å². The highest BCUT2D eigenvalue weighted by molar-refractivity contribution is 5.94. The van der Waals surface area contributed by atoms with Gasteiger partial charge in [0.15, 0.2) is 0 Å². The van der Waals surface area contributed by atoms with Gasteiger partial charge in [-0.05, 0) is 49.7 Å². The van der Waals surface area contributed by atoms with Crippen LogP contribution < -0.4 is 10.1 Å². The minimum atomic E-state index is -0.361. The molecule has 29 heavy (non-hydrogen) atoms. The molecule has 0 aromatic heterocycles. The molecule has 0 saturated carbocycles. The van der Waals surface area contributed by atoms with Crippen LogP contribution in [0.3, 0.4) is 0 Å². The maximum Gasteiger partial charge on any atom is 0.253 e. The first kappa shape index (κ1) is 20.8. The van der Waals surface area contributed by atoms with Gasteiger partial charge in [0, 0.05) is 31.7 Å². The molecule has 1 heterocycles. The molecule has 2 aromatic rings. The number of hydrogen-bond donors (Lipinski definition) is 1. The van der Waals surface area contributed by atoms with E-state index in [9.17, 15) is 14.0 Å². The van der Waals surface area contributed by atoms with Crippen molar-refractivity contribution >= 4 is 17.5 Å². The third kappa shape index (κ3) is 5.77. The lowest BCUT2D eigenvalue weighted by atomic mass is 10.2. The smallest absolute Gasteiger partial charge is 0.253 e. The molecule has 2 aromatic carbocycles. The summed E-state index contributed by atoms with van der Waals surface area (Å²) in [4.78, 5) is 28.9. The van der Waals surface area contributed by atoms with E-state index in [1.165, 1.54) is 24.3 Å². The van der Waals surface area contributed by atoms with E-state index in [0.29, 0.717) is 43.2 Å². The molecule has 1 aliphatic heterocycles. The zero-order valence-corrected chi connectivity index (χ0v) is 16.6. The normalized spacial score (nSPS) is 14.9. The van der Waals surface area contributed by atoms with E-state index in [2.05, 4.69) is 5.32 Å². The monoisotopic (exact) mass is 399 g/mol. The largest absolute Gasteiger partial charge is 0.492 e. The summed E-state index contributed by atoms with van der Waals surface area (Å²) in [5.41, 5.74) is 1.13. The van der Waals surface area contributed by atoms with Crippen molar-refractivity contribution in [3.05, 3.63) is 59.9 Å². The van der Waals surface area contributed by atoms with Gasteiger partial charge >= 0.3 is 0 Å². The molecule has 1 N–H and O–H groups in total. The van der Waals surface area contributed by atoms with E-state index >= 15 is 0 Å². The lowest BCUT2D eigenvalue weighted by molar-refractivity contribution is -0.117.